The number of hydrogen-bond acceptors (Lipinski definition) is 2. The molecule has 0 saturated carbocycles. The van der Waals surface area contributed by atoms with E-state index in [4.69, 9.17) is 0 Å². The van der Waals surface area contributed by atoms with Gasteiger partial charge in [0.25, 0.3) is 0 Å². The number of likely N-dealkylation sites (tertiary alicyclic amines) is 2. The van der Waals surface area contributed by atoms with Crippen LogP contribution in [0.1, 0.15) is 37.7 Å². The standard InChI is InChI=1S/C17H23FN2O/c1-19-16(21)6-8-17(19)7-3-10-20(11-9-17)13-14-4-2-5-15(18)12-14/h2,4-5,12H,3,6-11,13H2,1H3. The second-order valence-electron chi connectivity index (χ2n) is 6.44. The molecule has 2 saturated heterocycles. The lowest BCUT2D eigenvalue weighted by Gasteiger charge is -2.35. The number of carbonyl (C=O) groups is 1. The average molecular weight is 290 g/mol. The fourth-order valence-corrected chi connectivity index (χ4v) is 3.81. The summed E-state index contributed by atoms with van der Waals surface area (Å²) in [4.78, 5) is 16.2. The van der Waals surface area contributed by atoms with Crippen molar-refractivity contribution in [1.29, 1.82) is 0 Å². The maximum atomic E-state index is 13.3. The van der Waals surface area contributed by atoms with Crippen LogP contribution < -0.4 is 0 Å². The van der Waals surface area contributed by atoms with Gasteiger partial charge < -0.3 is 4.90 Å². The zero-order valence-corrected chi connectivity index (χ0v) is 12.6. The Bertz CT molecular complexity index is 533. The van der Waals surface area contributed by atoms with Gasteiger partial charge in [0.2, 0.25) is 5.91 Å². The van der Waals surface area contributed by atoms with E-state index in [2.05, 4.69) is 4.90 Å². The van der Waals surface area contributed by atoms with Crippen LogP contribution in [-0.2, 0) is 11.3 Å². The second kappa shape index (κ2) is 5.76. The Kier molecular flexibility index (Phi) is 3.98. The summed E-state index contributed by atoms with van der Waals surface area (Å²) < 4.78 is 13.3. The monoisotopic (exact) mass is 290 g/mol. The molecule has 1 atom stereocenters. The van der Waals surface area contributed by atoms with E-state index in [9.17, 15) is 9.18 Å². The molecule has 0 aliphatic carbocycles. The van der Waals surface area contributed by atoms with Crippen LogP contribution in [0.4, 0.5) is 4.39 Å². The molecule has 0 N–H and O–H groups in total. The van der Waals surface area contributed by atoms with E-state index >= 15 is 0 Å². The van der Waals surface area contributed by atoms with Crippen LogP contribution in [0.2, 0.25) is 0 Å². The molecule has 21 heavy (non-hydrogen) atoms. The molecule has 114 valence electrons. The Balaban J connectivity index is 1.65. The molecule has 1 amide bonds. The van der Waals surface area contributed by atoms with Crippen molar-refractivity contribution in [3.8, 4) is 0 Å². The van der Waals surface area contributed by atoms with E-state index in [0.717, 1.165) is 50.9 Å². The van der Waals surface area contributed by atoms with Crippen molar-refractivity contribution in [3.63, 3.8) is 0 Å². The van der Waals surface area contributed by atoms with Crippen LogP contribution in [0, 0.1) is 5.82 Å². The normalized spacial score (nSPS) is 27.3. The molecule has 1 aromatic carbocycles. The van der Waals surface area contributed by atoms with E-state index in [-0.39, 0.29) is 17.3 Å². The first-order valence-electron chi connectivity index (χ1n) is 7.83. The van der Waals surface area contributed by atoms with Gasteiger partial charge in [-0.05, 0) is 49.9 Å². The molecule has 1 aromatic rings. The van der Waals surface area contributed by atoms with E-state index in [1.54, 1.807) is 12.1 Å². The first kappa shape index (κ1) is 14.5. The molecule has 2 aliphatic heterocycles. The molecular formula is C17H23FN2O. The van der Waals surface area contributed by atoms with Crippen molar-refractivity contribution in [2.45, 2.75) is 44.2 Å². The number of carbonyl (C=O) groups excluding carboxylic acids is 1. The fraction of sp³-hybridized carbons (Fsp3) is 0.588. The summed E-state index contributed by atoms with van der Waals surface area (Å²) in [7, 11) is 1.96. The van der Waals surface area contributed by atoms with Gasteiger partial charge in [0.15, 0.2) is 0 Å². The molecular weight excluding hydrogens is 267 g/mol. The van der Waals surface area contributed by atoms with Crippen molar-refractivity contribution in [2.75, 3.05) is 20.1 Å². The summed E-state index contributed by atoms with van der Waals surface area (Å²) in [6.45, 7) is 2.81. The highest BCUT2D eigenvalue weighted by atomic mass is 19.1. The maximum absolute atomic E-state index is 13.3. The van der Waals surface area contributed by atoms with Crippen molar-refractivity contribution >= 4 is 5.91 Å². The van der Waals surface area contributed by atoms with Crippen molar-refractivity contribution < 1.29 is 9.18 Å². The first-order valence-corrected chi connectivity index (χ1v) is 7.83. The zero-order chi connectivity index (χ0) is 14.9. The molecule has 1 unspecified atom stereocenters. The van der Waals surface area contributed by atoms with Crippen LogP contribution in [-0.4, -0.2) is 41.4 Å². The van der Waals surface area contributed by atoms with Crippen molar-refractivity contribution in [1.82, 2.24) is 9.80 Å². The predicted molar refractivity (Wildman–Crippen MR) is 80.3 cm³/mol. The van der Waals surface area contributed by atoms with Crippen LogP contribution >= 0.6 is 0 Å². The smallest absolute Gasteiger partial charge is 0.222 e. The van der Waals surface area contributed by atoms with Crippen LogP contribution in [0.15, 0.2) is 24.3 Å². The number of amides is 1. The van der Waals surface area contributed by atoms with E-state index in [1.807, 2.05) is 18.0 Å². The summed E-state index contributed by atoms with van der Waals surface area (Å²) in [5.41, 5.74) is 1.11. The van der Waals surface area contributed by atoms with Gasteiger partial charge >= 0.3 is 0 Å². The Morgan fingerprint density at radius 2 is 2.10 bits per heavy atom. The van der Waals surface area contributed by atoms with Gasteiger partial charge in [0, 0.05) is 32.1 Å². The number of rotatable bonds is 2. The third-order valence-corrected chi connectivity index (χ3v) is 5.19. The minimum Gasteiger partial charge on any atom is -0.340 e. The van der Waals surface area contributed by atoms with Gasteiger partial charge in [-0.3, -0.25) is 9.69 Å². The maximum Gasteiger partial charge on any atom is 0.222 e. The number of hydrogen-bond donors (Lipinski definition) is 0. The molecule has 3 nitrogen and oxygen atoms in total. The molecule has 2 aliphatic rings. The Morgan fingerprint density at radius 1 is 1.24 bits per heavy atom. The topological polar surface area (TPSA) is 23.6 Å². The third kappa shape index (κ3) is 2.95. The van der Waals surface area contributed by atoms with E-state index < -0.39 is 0 Å². The summed E-state index contributed by atoms with van der Waals surface area (Å²) >= 11 is 0. The number of halogens is 1. The minimum atomic E-state index is -0.167. The van der Waals surface area contributed by atoms with E-state index in [1.165, 1.54) is 6.07 Å². The van der Waals surface area contributed by atoms with Crippen molar-refractivity contribution in [2.24, 2.45) is 0 Å². The average Bonchev–Trinajstić information content (AvgIpc) is 2.64. The lowest BCUT2D eigenvalue weighted by atomic mass is 9.88. The minimum absolute atomic E-state index is 0.0772. The SMILES string of the molecule is CN1C(=O)CCC12CCCN(Cc1cccc(F)c1)CC2. The summed E-state index contributed by atoms with van der Waals surface area (Å²) in [6.07, 6.45) is 4.92. The predicted octanol–water partition coefficient (Wildman–Crippen LogP) is 2.80. The zero-order valence-electron chi connectivity index (χ0n) is 12.6. The van der Waals surface area contributed by atoms with Gasteiger partial charge in [-0.15, -0.1) is 0 Å². The Morgan fingerprint density at radius 3 is 2.81 bits per heavy atom. The molecule has 3 rings (SSSR count). The molecule has 1 spiro atoms. The van der Waals surface area contributed by atoms with Gasteiger partial charge in [0.05, 0.1) is 0 Å². The number of benzene rings is 1. The lowest BCUT2D eigenvalue weighted by molar-refractivity contribution is -0.129. The first-order chi connectivity index (χ1) is 10.1. The Labute approximate surface area is 125 Å². The lowest BCUT2D eigenvalue weighted by Crippen LogP contribution is -2.43. The fourth-order valence-electron chi connectivity index (χ4n) is 3.81. The molecule has 0 bridgehead atoms. The highest BCUT2D eigenvalue weighted by Crippen LogP contribution is 2.38. The van der Waals surface area contributed by atoms with Crippen molar-refractivity contribution in [3.05, 3.63) is 35.6 Å². The summed E-state index contributed by atoms with van der Waals surface area (Å²) in [6, 6.07) is 6.86. The van der Waals surface area contributed by atoms with Crippen LogP contribution in [0.5, 0.6) is 0 Å². The molecule has 0 aromatic heterocycles. The van der Waals surface area contributed by atoms with Gasteiger partial charge in [-0.25, -0.2) is 4.39 Å². The molecule has 0 radical (unpaired) electrons. The largest absolute Gasteiger partial charge is 0.340 e. The quantitative estimate of drug-likeness (QED) is 0.836. The van der Waals surface area contributed by atoms with Crippen LogP contribution in [0.25, 0.3) is 0 Å². The summed E-state index contributed by atoms with van der Waals surface area (Å²) in [5, 5.41) is 0. The van der Waals surface area contributed by atoms with Gasteiger partial charge in [-0.2, -0.15) is 0 Å². The van der Waals surface area contributed by atoms with Crippen LogP contribution in [0.3, 0.4) is 0 Å². The molecule has 4 heteroatoms. The van der Waals surface area contributed by atoms with Gasteiger partial charge in [0.1, 0.15) is 5.82 Å². The molecule has 2 heterocycles. The highest BCUT2D eigenvalue weighted by Gasteiger charge is 2.43. The highest BCUT2D eigenvalue weighted by molar-refractivity contribution is 5.79. The number of nitrogens with zero attached hydrogens (tertiary/aromatic N) is 2. The Hall–Kier alpha value is -1.42. The summed E-state index contributed by atoms with van der Waals surface area (Å²) in [5.74, 6) is 0.119. The molecule has 2 fully saturated rings. The third-order valence-electron chi connectivity index (χ3n) is 5.19. The van der Waals surface area contributed by atoms with E-state index in [0.29, 0.717) is 6.42 Å². The second-order valence-corrected chi connectivity index (χ2v) is 6.44. The van der Waals surface area contributed by atoms with Gasteiger partial charge in [-0.1, -0.05) is 12.1 Å².